The minimum atomic E-state index is -3.73. The fraction of sp³-hybridized carbons (Fsp3) is 0.462. The van der Waals surface area contributed by atoms with Crippen LogP contribution in [-0.2, 0) is 14.8 Å². The number of Topliss-reactive ketones (excluding diaryl/α,β-unsaturated/α-hetero) is 1. The van der Waals surface area contributed by atoms with Crippen LogP contribution >= 0.6 is 0 Å². The molecular formula is C13H20N2O4S. The van der Waals surface area contributed by atoms with Crippen molar-refractivity contribution < 1.29 is 17.9 Å². The van der Waals surface area contributed by atoms with Gasteiger partial charge in [0.2, 0.25) is 10.0 Å². The molecule has 20 heavy (non-hydrogen) atoms. The maximum atomic E-state index is 12.5. The van der Waals surface area contributed by atoms with Crippen molar-refractivity contribution >= 4 is 15.8 Å². The van der Waals surface area contributed by atoms with Gasteiger partial charge in [-0.3, -0.25) is 4.79 Å². The summed E-state index contributed by atoms with van der Waals surface area (Å²) in [5.41, 5.74) is 6.37. The number of methoxy groups -OCH3 is 1. The lowest BCUT2D eigenvalue weighted by Crippen LogP contribution is -2.35. The molecule has 0 unspecified atom stereocenters. The van der Waals surface area contributed by atoms with Gasteiger partial charge >= 0.3 is 0 Å². The third-order valence-electron chi connectivity index (χ3n) is 2.96. The van der Waals surface area contributed by atoms with Gasteiger partial charge in [-0.2, -0.15) is 4.31 Å². The Labute approximate surface area is 119 Å². The van der Waals surface area contributed by atoms with Crippen molar-refractivity contribution in [1.29, 1.82) is 0 Å². The summed E-state index contributed by atoms with van der Waals surface area (Å²) >= 11 is 0. The summed E-state index contributed by atoms with van der Waals surface area (Å²) in [6.45, 7) is 2.98. The van der Waals surface area contributed by atoms with Crippen molar-refractivity contribution in [3.8, 4) is 5.75 Å². The highest BCUT2D eigenvalue weighted by molar-refractivity contribution is 7.89. The number of ketones is 1. The van der Waals surface area contributed by atoms with Crippen LogP contribution < -0.4 is 10.5 Å². The van der Waals surface area contributed by atoms with E-state index < -0.39 is 10.0 Å². The van der Waals surface area contributed by atoms with Crippen LogP contribution in [0.15, 0.2) is 17.0 Å². The number of rotatable bonds is 6. The molecule has 0 atom stereocenters. The van der Waals surface area contributed by atoms with E-state index in [4.69, 9.17) is 10.5 Å². The highest BCUT2D eigenvalue weighted by atomic mass is 32.2. The van der Waals surface area contributed by atoms with Crippen molar-refractivity contribution in [1.82, 2.24) is 4.31 Å². The lowest BCUT2D eigenvalue weighted by molar-refractivity contribution is -0.117. The Kier molecular flexibility index (Phi) is 5.27. The predicted molar refractivity (Wildman–Crippen MR) is 76.3 cm³/mol. The lowest BCUT2D eigenvalue weighted by Gasteiger charge is -2.19. The zero-order chi connectivity index (χ0) is 15.5. The molecule has 0 saturated heterocycles. The molecule has 0 aliphatic carbocycles. The first kappa shape index (κ1) is 16.6. The average Bonchev–Trinajstić information content (AvgIpc) is 2.36. The van der Waals surface area contributed by atoms with Gasteiger partial charge in [0, 0.05) is 7.05 Å². The largest absolute Gasteiger partial charge is 0.497 e. The minimum absolute atomic E-state index is 0.180. The summed E-state index contributed by atoms with van der Waals surface area (Å²) in [5, 5.41) is 0. The second kappa shape index (κ2) is 6.34. The molecule has 1 aromatic carbocycles. The standard InChI is InChI=1S/C13H20N2O4S/c1-9-5-12(19-4)6-10(2)13(9)20(17,18)15(3)8-11(16)7-14/h5-6H,7-8,14H2,1-4H3. The Morgan fingerprint density at radius 2 is 1.80 bits per heavy atom. The van der Waals surface area contributed by atoms with E-state index in [-0.39, 0.29) is 23.8 Å². The molecule has 1 rings (SSSR count). The van der Waals surface area contributed by atoms with Crippen LogP contribution in [0.2, 0.25) is 0 Å². The number of carbonyl (C=O) groups excluding carboxylic acids is 1. The Balaban J connectivity index is 3.25. The first-order valence-electron chi connectivity index (χ1n) is 6.07. The number of hydrogen-bond acceptors (Lipinski definition) is 5. The zero-order valence-corrected chi connectivity index (χ0v) is 13.0. The van der Waals surface area contributed by atoms with E-state index in [0.717, 1.165) is 4.31 Å². The van der Waals surface area contributed by atoms with Crippen LogP contribution in [0.3, 0.4) is 0 Å². The molecule has 0 aliphatic rings. The highest BCUT2D eigenvalue weighted by Gasteiger charge is 2.26. The van der Waals surface area contributed by atoms with E-state index in [9.17, 15) is 13.2 Å². The number of aryl methyl sites for hydroxylation is 2. The Bertz CT molecular complexity index is 588. The average molecular weight is 300 g/mol. The quantitative estimate of drug-likeness (QED) is 0.824. The number of carbonyl (C=O) groups is 1. The third-order valence-corrected chi connectivity index (χ3v) is 5.07. The van der Waals surface area contributed by atoms with Gasteiger partial charge in [0.15, 0.2) is 5.78 Å². The fourth-order valence-corrected chi connectivity index (χ4v) is 3.55. The van der Waals surface area contributed by atoms with E-state index in [0.29, 0.717) is 16.9 Å². The van der Waals surface area contributed by atoms with Gasteiger partial charge in [0.25, 0.3) is 0 Å². The van der Waals surface area contributed by atoms with Crippen LogP contribution in [0, 0.1) is 13.8 Å². The summed E-state index contributed by atoms with van der Waals surface area (Å²) in [4.78, 5) is 11.5. The maximum absolute atomic E-state index is 12.5. The van der Waals surface area contributed by atoms with Crippen LogP contribution in [-0.4, -0.2) is 45.8 Å². The van der Waals surface area contributed by atoms with Crippen molar-refractivity contribution in [2.24, 2.45) is 5.73 Å². The van der Waals surface area contributed by atoms with Gasteiger partial charge in [0.1, 0.15) is 5.75 Å². The van der Waals surface area contributed by atoms with E-state index in [1.54, 1.807) is 26.0 Å². The molecule has 2 N–H and O–H groups in total. The monoisotopic (exact) mass is 300 g/mol. The molecule has 0 heterocycles. The predicted octanol–water partition coefficient (Wildman–Crippen LogP) is 0.460. The van der Waals surface area contributed by atoms with Crippen LogP contribution in [0.5, 0.6) is 5.75 Å². The van der Waals surface area contributed by atoms with Gasteiger partial charge in [-0.25, -0.2) is 8.42 Å². The van der Waals surface area contributed by atoms with Crippen LogP contribution in [0.25, 0.3) is 0 Å². The Morgan fingerprint density at radius 1 is 1.30 bits per heavy atom. The number of benzene rings is 1. The fourth-order valence-electron chi connectivity index (χ4n) is 1.99. The van der Waals surface area contributed by atoms with Gasteiger partial charge in [-0.15, -0.1) is 0 Å². The molecule has 0 bridgehead atoms. The second-order valence-electron chi connectivity index (χ2n) is 4.59. The molecule has 0 aromatic heterocycles. The molecular weight excluding hydrogens is 280 g/mol. The molecule has 112 valence electrons. The molecule has 0 aliphatic heterocycles. The first-order chi connectivity index (χ1) is 9.23. The first-order valence-corrected chi connectivity index (χ1v) is 7.51. The number of nitrogens with zero attached hydrogens (tertiary/aromatic N) is 1. The van der Waals surface area contributed by atoms with Gasteiger partial charge in [-0.05, 0) is 37.1 Å². The molecule has 7 heteroatoms. The SMILES string of the molecule is COc1cc(C)c(S(=O)(=O)N(C)CC(=O)CN)c(C)c1. The van der Waals surface area contributed by atoms with Gasteiger partial charge in [-0.1, -0.05) is 0 Å². The van der Waals surface area contributed by atoms with E-state index in [1.165, 1.54) is 14.2 Å². The van der Waals surface area contributed by atoms with Crippen LogP contribution in [0.4, 0.5) is 0 Å². The van der Waals surface area contributed by atoms with Crippen LogP contribution in [0.1, 0.15) is 11.1 Å². The molecule has 6 nitrogen and oxygen atoms in total. The summed E-state index contributed by atoms with van der Waals surface area (Å²) in [7, 11) is -0.840. The summed E-state index contributed by atoms with van der Waals surface area (Å²) in [5.74, 6) is 0.263. The molecule has 0 spiro atoms. The summed E-state index contributed by atoms with van der Waals surface area (Å²) < 4.78 is 31.2. The number of nitrogens with two attached hydrogens (primary N) is 1. The number of ether oxygens (including phenoxy) is 1. The smallest absolute Gasteiger partial charge is 0.243 e. The van der Waals surface area contributed by atoms with Gasteiger partial charge < -0.3 is 10.5 Å². The molecule has 0 fully saturated rings. The Hall–Kier alpha value is -1.44. The normalized spacial score (nSPS) is 11.7. The molecule has 0 saturated carbocycles. The van der Waals surface area contributed by atoms with E-state index in [2.05, 4.69) is 0 Å². The molecule has 0 radical (unpaired) electrons. The summed E-state index contributed by atoms with van der Waals surface area (Å²) in [6, 6.07) is 3.30. The van der Waals surface area contributed by atoms with Crippen molar-refractivity contribution in [2.45, 2.75) is 18.7 Å². The minimum Gasteiger partial charge on any atom is -0.497 e. The number of hydrogen-bond donors (Lipinski definition) is 1. The van der Waals surface area contributed by atoms with Crippen molar-refractivity contribution in [3.63, 3.8) is 0 Å². The summed E-state index contributed by atoms with van der Waals surface area (Å²) in [6.07, 6.45) is 0. The third kappa shape index (κ3) is 3.36. The topological polar surface area (TPSA) is 89.7 Å². The maximum Gasteiger partial charge on any atom is 0.243 e. The van der Waals surface area contributed by atoms with Crippen molar-refractivity contribution in [3.05, 3.63) is 23.3 Å². The second-order valence-corrected chi connectivity index (χ2v) is 6.58. The molecule has 0 amide bonds. The van der Waals surface area contributed by atoms with Crippen molar-refractivity contribution in [2.75, 3.05) is 27.2 Å². The number of likely N-dealkylation sites (N-methyl/N-ethyl adjacent to an activating group) is 1. The van der Waals surface area contributed by atoms with E-state index >= 15 is 0 Å². The van der Waals surface area contributed by atoms with E-state index in [1.807, 2.05) is 0 Å². The zero-order valence-electron chi connectivity index (χ0n) is 12.1. The van der Waals surface area contributed by atoms with Gasteiger partial charge in [0.05, 0.1) is 25.1 Å². The molecule has 1 aromatic rings. The Morgan fingerprint density at radius 3 is 2.20 bits per heavy atom. The lowest BCUT2D eigenvalue weighted by atomic mass is 10.1. The number of sulfonamides is 1. The highest BCUT2D eigenvalue weighted by Crippen LogP contribution is 2.27.